The molecule has 1 heterocycles. The molecule has 0 spiro atoms. The topological polar surface area (TPSA) is 88.1 Å². The number of nitriles is 1. The molecule has 4 rings (SSSR count). The second-order valence-corrected chi connectivity index (χ2v) is 7.12. The third-order valence-electron chi connectivity index (χ3n) is 5.08. The van der Waals surface area contributed by atoms with E-state index in [2.05, 4.69) is 11.1 Å². The van der Waals surface area contributed by atoms with Gasteiger partial charge in [0.05, 0.1) is 42.2 Å². The minimum atomic E-state index is -0.890. The summed E-state index contributed by atoms with van der Waals surface area (Å²) in [6.45, 7) is 2.84. The monoisotopic (exact) mass is 411 g/mol. The van der Waals surface area contributed by atoms with Crippen molar-refractivity contribution in [3.05, 3.63) is 83.4 Å². The van der Waals surface area contributed by atoms with Crippen LogP contribution in [0.25, 0.3) is 22.2 Å². The van der Waals surface area contributed by atoms with Gasteiger partial charge in [0, 0.05) is 0 Å². The van der Waals surface area contributed by atoms with Crippen LogP contribution in [0.3, 0.4) is 0 Å². The zero-order chi connectivity index (χ0) is 21.8. The summed E-state index contributed by atoms with van der Waals surface area (Å²) in [6.07, 6.45) is -0.0848. The third kappa shape index (κ3) is 4.12. The number of carboxylic acid groups (broad SMARTS) is 1. The smallest absolute Gasteiger partial charge is 0.307 e. The maximum absolute atomic E-state index is 11.4. The Morgan fingerprint density at radius 2 is 1.87 bits per heavy atom. The average molecular weight is 411 g/mol. The second-order valence-electron chi connectivity index (χ2n) is 7.12. The zero-order valence-corrected chi connectivity index (χ0v) is 17.1. The molecule has 3 aromatic carbocycles. The van der Waals surface area contributed by atoms with Crippen molar-refractivity contribution >= 4 is 17.0 Å². The highest BCUT2D eigenvalue weighted by molar-refractivity contribution is 5.85. The number of benzene rings is 3. The summed E-state index contributed by atoms with van der Waals surface area (Å²) in [5, 5.41) is 18.7. The molecule has 0 atom stereocenters. The first-order chi connectivity index (χ1) is 15.1. The van der Waals surface area contributed by atoms with Crippen molar-refractivity contribution in [1.82, 2.24) is 9.55 Å². The lowest BCUT2D eigenvalue weighted by Gasteiger charge is -2.12. The van der Waals surface area contributed by atoms with Crippen molar-refractivity contribution in [2.75, 3.05) is 6.61 Å². The molecule has 0 unspecified atom stereocenters. The van der Waals surface area contributed by atoms with E-state index in [1.54, 1.807) is 6.07 Å². The molecule has 0 aliphatic rings. The number of imidazole rings is 1. The van der Waals surface area contributed by atoms with Crippen molar-refractivity contribution in [3.8, 4) is 23.2 Å². The number of ether oxygens (including phenoxy) is 1. The van der Waals surface area contributed by atoms with Crippen LogP contribution in [-0.4, -0.2) is 27.2 Å². The van der Waals surface area contributed by atoms with Gasteiger partial charge >= 0.3 is 5.97 Å². The molecule has 1 aromatic heterocycles. The van der Waals surface area contributed by atoms with Crippen LogP contribution >= 0.6 is 0 Å². The lowest BCUT2D eigenvalue weighted by molar-refractivity contribution is -0.136. The quantitative estimate of drug-likeness (QED) is 0.478. The summed E-state index contributed by atoms with van der Waals surface area (Å²) in [7, 11) is 0. The van der Waals surface area contributed by atoms with Crippen molar-refractivity contribution in [2.24, 2.45) is 0 Å². The van der Waals surface area contributed by atoms with Gasteiger partial charge in [-0.1, -0.05) is 54.6 Å². The highest BCUT2D eigenvalue weighted by atomic mass is 16.5. The molecule has 0 amide bonds. The molecule has 154 valence electrons. The predicted molar refractivity (Wildman–Crippen MR) is 118 cm³/mol. The second kappa shape index (κ2) is 8.72. The highest BCUT2D eigenvalue weighted by Crippen LogP contribution is 2.28. The molecule has 0 radical (unpaired) electrons. The van der Waals surface area contributed by atoms with Crippen LogP contribution in [-0.2, 0) is 17.8 Å². The number of fused-ring (bicyclic) bond motifs is 1. The number of aliphatic carboxylic acids is 1. The molecular formula is C25H21N3O3. The van der Waals surface area contributed by atoms with Gasteiger partial charge in [-0.2, -0.15) is 10.2 Å². The maximum Gasteiger partial charge on any atom is 0.307 e. The van der Waals surface area contributed by atoms with E-state index in [1.165, 1.54) is 0 Å². The van der Waals surface area contributed by atoms with Gasteiger partial charge in [-0.15, -0.1) is 0 Å². The normalized spacial score (nSPS) is 10.7. The maximum atomic E-state index is 11.4. The van der Waals surface area contributed by atoms with E-state index in [1.807, 2.05) is 72.2 Å². The molecule has 0 aliphatic heterocycles. The van der Waals surface area contributed by atoms with E-state index in [4.69, 9.17) is 4.74 Å². The average Bonchev–Trinajstić information content (AvgIpc) is 3.12. The summed E-state index contributed by atoms with van der Waals surface area (Å²) in [4.78, 5) is 15.9. The lowest BCUT2D eigenvalue weighted by Crippen LogP contribution is -2.08. The number of aromatic nitrogens is 2. The predicted octanol–water partition coefficient (Wildman–Crippen LogP) is 4.65. The largest absolute Gasteiger partial charge is 0.481 e. The van der Waals surface area contributed by atoms with Crippen LogP contribution in [0.2, 0.25) is 0 Å². The molecule has 6 heteroatoms. The van der Waals surface area contributed by atoms with Gasteiger partial charge in [-0.05, 0) is 41.3 Å². The minimum absolute atomic E-state index is 0.0848. The Hall–Kier alpha value is -4.11. The van der Waals surface area contributed by atoms with E-state index in [9.17, 15) is 15.2 Å². The van der Waals surface area contributed by atoms with E-state index in [0.29, 0.717) is 35.8 Å². The molecule has 0 fully saturated rings. The number of hydrogen-bond acceptors (Lipinski definition) is 4. The van der Waals surface area contributed by atoms with Crippen LogP contribution in [0.5, 0.6) is 6.01 Å². The summed E-state index contributed by atoms with van der Waals surface area (Å²) in [5.41, 5.74) is 5.68. The molecule has 0 aliphatic carbocycles. The van der Waals surface area contributed by atoms with Gasteiger partial charge in [0.2, 0.25) is 0 Å². The molecule has 0 saturated carbocycles. The fourth-order valence-electron chi connectivity index (χ4n) is 3.73. The standard InChI is InChI=1S/C25H21N3O3/c1-2-31-25-27-22-9-5-7-19(14-23(29)30)24(22)28(25)16-17-10-12-18(13-11-17)21-8-4-3-6-20(21)15-26/h3-13H,2,14,16H2,1H3,(H,29,30). The number of hydrogen-bond donors (Lipinski definition) is 1. The first-order valence-electron chi connectivity index (χ1n) is 10.0. The van der Waals surface area contributed by atoms with E-state index < -0.39 is 5.97 Å². The number of carboxylic acids is 1. The van der Waals surface area contributed by atoms with Crippen LogP contribution in [0.4, 0.5) is 0 Å². The molecule has 6 nitrogen and oxygen atoms in total. The van der Waals surface area contributed by atoms with E-state index in [-0.39, 0.29) is 6.42 Å². The number of carbonyl (C=O) groups is 1. The van der Waals surface area contributed by atoms with Gasteiger partial charge in [-0.25, -0.2) is 0 Å². The number of rotatable bonds is 7. The summed E-state index contributed by atoms with van der Waals surface area (Å²) in [5.74, 6) is -0.890. The van der Waals surface area contributed by atoms with E-state index in [0.717, 1.165) is 22.2 Å². The van der Waals surface area contributed by atoms with Crippen LogP contribution < -0.4 is 4.74 Å². The van der Waals surface area contributed by atoms with Gasteiger partial charge in [0.1, 0.15) is 0 Å². The van der Waals surface area contributed by atoms with Crippen molar-refractivity contribution in [3.63, 3.8) is 0 Å². The zero-order valence-electron chi connectivity index (χ0n) is 17.1. The molecule has 0 bridgehead atoms. The van der Waals surface area contributed by atoms with Gasteiger partial charge in [0.25, 0.3) is 6.01 Å². The Bertz CT molecular complexity index is 1280. The van der Waals surface area contributed by atoms with Crippen molar-refractivity contribution in [1.29, 1.82) is 5.26 Å². The molecule has 31 heavy (non-hydrogen) atoms. The summed E-state index contributed by atoms with van der Waals surface area (Å²) >= 11 is 0. The Kier molecular flexibility index (Phi) is 5.67. The van der Waals surface area contributed by atoms with Gasteiger partial charge < -0.3 is 9.84 Å². The molecule has 1 N–H and O–H groups in total. The third-order valence-corrected chi connectivity index (χ3v) is 5.08. The fourth-order valence-corrected chi connectivity index (χ4v) is 3.73. The summed E-state index contributed by atoms with van der Waals surface area (Å²) < 4.78 is 7.67. The molecular weight excluding hydrogens is 390 g/mol. The van der Waals surface area contributed by atoms with Crippen LogP contribution in [0.15, 0.2) is 66.7 Å². The van der Waals surface area contributed by atoms with Crippen LogP contribution in [0, 0.1) is 11.3 Å². The molecule has 0 saturated heterocycles. The molecule has 4 aromatic rings. The first kappa shape index (κ1) is 20.2. The highest BCUT2D eigenvalue weighted by Gasteiger charge is 2.17. The fraction of sp³-hybridized carbons (Fsp3) is 0.160. The minimum Gasteiger partial charge on any atom is -0.481 e. The lowest BCUT2D eigenvalue weighted by atomic mass is 9.99. The Balaban J connectivity index is 1.73. The van der Waals surface area contributed by atoms with Crippen molar-refractivity contribution in [2.45, 2.75) is 19.9 Å². The van der Waals surface area contributed by atoms with Crippen molar-refractivity contribution < 1.29 is 14.6 Å². The SMILES string of the molecule is CCOc1nc2cccc(CC(=O)O)c2n1Cc1ccc(-c2ccccc2C#N)cc1. The van der Waals surface area contributed by atoms with Crippen LogP contribution in [0.1, 0.15) is 23.6 Å². The van der Waals surface area contributed by atoms with Gasteiger partial charge in [0.15, 0.2) is 0 Å². The summed E-state index contributed by atoms with van der Waals surface area (Å²) in [6, 6.07) is 23.7. The Morgan fingerprint density at radius 1 is 1.10 bits per heavy atom. The Labute approximate surface area is 180 Å². The first-order valence-corrected chi connectivity index (χ1v) is 10.0. The van der Waals surface area contributed by atoms with Gasteiger partial charge in [-0.3, -0.25) is 9.36 Å². The number of nitrogens with zero attached hydrogens (tertiary/aromatic N) is 3. The Morgan fingerprint density at radius 3 is 2.58 bits per heavy atom. The number of para-hydroxylation sites is 1. The van der Waals surface area contributed by atoms with E-state index >= 15 is 0 Å².